The number of aryl methyl sites for hydroxylation is 2. The van der Waals surface area contributed by atoms with Crippen LogP contribution in [0.5, 0.6) is 0 Å². The van der Waals surface area contributed by atoms with E-state index >= 15 is 0 Å². The average molecular weight is 300 g/mol. The summed E-state index contributed by atoms with van der Waals surface area (Å²) in [6.45, 7) is 7.62. The summed E-state index contributed by atoms with van der Waals surface area (Å²) >= 11 is 1.63. The molecule has 0 aliphatic heterocycles. The van der Waals surface area contributed by atoms with Gasteiger partial charge in [0.2, 0.25) is 10.0 Å². The van der Waals surface area contributed by atoms with E-state index in [1.54, 1.807) is 18.3 Å². The standard InChI is InChI=1S/C13H20N2O2S2/c1-5-11(8-14)19(16,17)15-10(4)13-7-9(3)12(6-2)18-13/h7,10-11,15H,5-6H2,1-4H3/t10-,11+/m0/s1. The highest BCUT2D eigenvalue weighted by Crippen LogP contribution is 2.28. The third kappa shape index (κ3) is 3.78. The minimum Gasteiger partial charge on any atom is -0.211 e. The van der Waals surface area contributed by atoms with Crippen LogP contribution in [0.1, 0.15) is 48.6 Å². The molecule has 1 N–H and O–H groups in total. The van der Waals surface area contributed by atoms with Gasteiger partial charge in [-0.15, -0.1) is 11.3 Å². The van der Waals surface area contributed by atoms with Gasteiger partial charge in [0.05, 0.1) is 12.1 Å². The van der Waals surface area contributed by atoms with E-state index in [9.17, 15) is 8.42 Å². The third-order valence-corrected chi connectivity index (χ3v) is 6.45. The van der Waals surface area contributed by atoms with Crippen molar-refractivity contribution in [2.75, 3.05) is 0 Å². The van der Waals surface area contributed by atoms with Gasteiger partial charge in [0.25, 0.3) is 0 Å². The summed E-state index contributed by atoms with van der Waals surface area (Å²) in [5, 5.41) is 7.88. The van der Waals surface area contributed by atoms with E-state index in [4.69, 9.17) is 5.26 Å². The number of nitrogens with zero attached hydrogens (tertiary/aromatic N) is 1. The fraction of sp³-hybridized carbons (Fsp3) is 0.615. The Morgan fingerprint density at radius 1 is 1.47 bits per heavy atom. The molecule has 0 amide bonds. The summed E-state index contributed by atoms with van der Waals surface area (Å²) in [5.74, 6) is 0. The summed E-state index contributed by atoms with van der Waals surface area (Å²) in [6.07, 6.45) is 1.24. The molecule has 1 heterocycles. The molecule has 2 atom stereocenters. The minimum atomic E-state index is -3.58. The van der Waals surface area contributed by atoms with Crippen LogP contribution in [-0.4, -0.2) is 13.7 Å². The Morgan fingerprint density at radius 2 is 2.11 bits per heavy atom. The first kappa shape index (κ1) is 16.2. The van der Waals surface area contributed by atoms with Crippen LogP contribution >= 0.6 is 11.3 Å². The van der Waals surface area contributed by atoms with E-state index in [0.717, 1.165) is 11.3 Å². The minimum absolute atomic E-state index is 0.294. The van der Waals surface area contributed by atoms with Gasteiger partial charge >= 0.3 is 0 Å². The van der Waals surface area contributed by atoms with Crippen LogP contribution < -0.4 is 4.72 Å². The molecule has 0 unspecified atom stereocenters. The lowest BCUT2D eigenvalue weighted by Crippen LogP contribution is -2.34. The Hall–Kier alpha value is -0.900. The van der Waals surface area contributed by atoms with Gasteiger partial charge < -0.3 is 0 Å². The number of hydrogen-bond donors (Lipinski definition) is 1. The predicted octanol–water partition coefficient (Wildman–Crippen LogP) is 2.90. The first-order valence-electron chi connectivity index (χ1n) is 6.35. The summed E-state index contributed by atoms with van der Waals surface area (Å²) in [7, 11) is -3.58. The van der Waals surface area contributed by atoms with Gasteiger partial charge in [0.15, 0.2) is 5.25 Å². The van der Waals surface area contributed by atoms with Crippen LogP contribution in [0, 0.1) is 18.3 Å². The van der Waals surface area contributed by atoms with Gasteiger partial charge in [-0.2, -0.15) is 5.26 Å². The molecule has 0 saturated heterocycles. The Kier molecular flexibility index (Phi) is 5.53. The van der Waals surface area contributed by atoms with E-state index in [-0.39, 0.29) is 6.04 Å². The van der Waals surface area contributed by atoms with E-state index in [0.29, 0.717) is 6.42 Å². The topological polar surface area (TPSA) is 70.0 Å². The van der Waals surface area contributed by atoms with Crippen LogP contribution in [0.15, 0.2) is 6.07 Å². The van der Waals surface area contributed by atoms with Gasteiger partial charge in [-0.1, -0.05) is 13.8 Å². The zero-order valence-electron chi connectivity index (χ0n) is 11.7. The Morgan fingerprint density at radius 3 is 2.53 bits per heavy atom. The molecule has 1 aromatic rings. The second kappa shape index (κ2) is 6.51. The maximum atomic E-state index is 12.0. The highest BCUT2D eigenvalue weighted by Gasteiger charge is 2.26. The third-order valence-electron chi connectivity index (χ3n) is 3.02. The van der Waals surface area contributed by atoms with Crippen molar-refractivity contribution in [2.24, 2.45) is 0 Å². The molecule has 0 saturated carbocycles. The monoisotopic (exact) mass is 300 g/mol. The fourth-order valence-corrected chi connectivity index (χ4v) is 4.43. The fourth-order valence-electron chi connectivity index (χ4n) is 1.88. The van der Waals surface area contributed by atoms with Crippen molar-refractivity contribution in [1.29, 1.82) is 5.26 Å². The maximum Gasteiger partial charge on any atom is 0.228 e. The Bertz CT molecular complexity index is 570. The highest BCUT2D eigenvalue weighted by atomic mass is 32.2. The van der Waals surface area contributed by atoms with Crippen LogP contribution in [-0.2, 0) is 16.4 Å². The van der Waals surface area contributed by atoms with E-state index < -0.39 is 15.3 Å². The van der Waals surface area contributed by atoms with Gasteiger partial charge in [0, 0.05) is 9.75 Å². The normalized spacial score (nSPS) is 14.9. The van der Waals surface area contributed by atoms with Gasteiger partial charge in [-0.25, -0.2) is 13.1 Å². The molecule has 0 radical (unpaired) electrons. The first-order valence-corrected chi connectivity index (χ1v) is 8.71. The predicted molar refractivity (Wildman–Crippen MR) is 78.6 cm³/mol. The van der Waals surface area contributed by atoms with Crippen molar-refractivity contribution in [3.8, 4) is 6.07 Å². The van der Waals surface area contributed by atoms with Gasteiger partial charge in [-0.3, -0.25) is 0 Å². The van der Waals surface area contributed by atoms with Gasteiger partial charge in [-0.05, 0) is 38.3 Å². The average Bonchev–Trinajstić information content (AvgIpc) is 2.71. The molecular weight excluding hydrogens is 280 g/mol. The zero-order valence-corrected chi connectivity index (χ0v) is 13.4. The van der Waals surface area contributed by atoms with E-state index in [1.165, 1.54) is 10.4 Å². The first-order chi connectivity index (χ1) is 8.85. The number of rotatable bonds is 6. The zero-order chi connectivity index (χ0) is 14.6. The molecule has 0 aliphatic carbocycles. The molecule has 19 heavy (non-hydrogen) atoms. The smallest absolute Gasteiger partial charge is 0.211 e. The van der Waals surface area contributed by atoms with E-state index in [1.807, 2.05) is 26.0 Å². The molecule has 4 nitrogen and oxygen atoms in total. The molecule has 1 aromatic heterocycles. The second-order valence-electron chi connectivity index (χ2n) is 4.52. The lowest BCUT2D eigenvalue weighted by molar-refractivity contribution is 0.560. The van der Waals surface area contributed by atoms with Crippen LogP contribution in [0.25, 0.3) is 0 Å². The summed E-state index contributed by atoms with van der Waals surface area (Å²) in [5.41, 5.74) is 1.20. The van der Waals surface area contributed by atoms with Crippen molar-refractivity contribution < 1.29 is 8.42 Å². The SMILES string of the molecule is CCc1sc([C@H](C)NS(=O)(=O)[C@@H](C#N)CC)cc1C. The lowest BCUT2D eigenvalue weighted by atomic mass is 10.2. The summed E-state index contributed by atoms with van der Waals surface area (Å²) in [6, 6.07) is 3.55. The number of hydrogen-bond acceptors (Lipinski definition) is 4. The van der Waals surface area contributed by atoms with Crippen molar-refractivity contribution >= 4 is 21.4 Å². The van der Waals surface area contributed by atoms with Crippen LogP contribution in [0.3, 0.4) is 0 Å². The van der Waals surface area contributed by atoms with Gasteiger partial charge in [0.1, 0.15) is 0 Å². The summed E-state index contributed by atoms with van der Waals surface area (Å²) in [4.78, 5) is 2.26. The molecule has 0 bridgehead atoms. The van der Waals surface area contributed by atoms with E-state index in [2.05, 4.69) is 11.6 Å². The lowest BCUT2D eigenvalue weighted by Gasteiger charge is -2.15. The number of sulfonamides is 1. The van der Waals surface area contributed by atoms with Crippen molar-refractivity contribution in [2.45, 2.75) is 51.8 Å². The molecular formula is C13H20N2O2S2. The highest BCUT2D eigenvalue weighted by molar-refractivity contribution is 7.90. The number of nitriles is 1. The van der Waals surface area contributed by atoms with Crippen molar-refractivity contribution in [3.05, 3.63) is 21.4 Å². The molecule has 1 rings (SSSR count). The molecule has 6 heteroatoms. The van der Waals surface area contributed by atoms with Crippen molar-refractivity contribution in [3.63, 3.8) is 0 Å². The summed E-state index contributed by atoms with van der Waals surface area (Å²) < 4.78 is 26.6. The quantitative estimate of drug-likeness (QED) is 0.878. The van der Waals surface area contributed by atoms with Crippen molar-refractivity contribution in [1.82, 2.24) is 4.72 Å². The van der Waals surface area contributed by atoms with Crippen LogP contribution in [0.2, 0.25) is 0 Å². The molecule has 0 fully saturated rings. The molecule has 0 spiro atoms. The largest absolute Gasteiger partial charge is 0.228 e. The molecule has 0 aromatic carbocycles. The number of thiophene rings is 1. The molecule has 106 valence electrons. The maximum absolute atomic E-state index is 12.0. The second-order valence-corrected chi connectivity index (χ2v) is 7.58. The number of nitrogens with one attached hydrogen (secondary N) is 1. The van der Waals surface area contributed by atoms with Crippen LogP contribution in [0.4, 0.5) is 0 Å². The Balaban J connectivity index is 2.90. The Labute approximate surface area is 119 Å². The molecule has 0 aliphatic rings.